The zero-order valence-electron chi connectivity index (χ0n) is 8.66. The molecule has 1 aliphatic rings. The summed E-state index contributed by atoms with van der Waals surface area (Å²) in [4.78, 5) is 13.4. The van der Waals surface area contributed by atoms with Gasteiger partial charge in [0.1, 0.15) is 6.10 Å². The van der Waals surface area contributed by atoms with Gasteiger partial charge >= 0.3 is 0 Å². The molecule has 1 fully saturated rings. The number of aliphatic hydroxyl groups is 1. The highest BCUT2D eigenvalue weighted by Gasteiger charge is 2.32. The molecular formula is C10H19NO2. The van der Waals surface area contributed by atoms with E-state index in [9.17, 15) is 9.90 Å². The summed E-state index contributed by atoms with van der Waals surface area (Å²) in [5, 5.41) is 9.40. The lowest BCUT2D eigenvalue weighted by Crippen LogP contribution is -2.40. The summed E-state index contributed by atoms with van der Waals surface area (Å²) in [5.74, 6) is 0.474. The molecule has 0 spiro atoms. The van der Waals surface area contributed by atoms with Crippen LogP contribution >= 0.6 is 0 Å². The van der Waals surface area contributed by atoms with Crippen LogP contribution in [-0.2, 0) is 4.79 Å². The molecule has 0 aliphatic carbocycles. The van der Waals surface area contributed by atoms with Crippen molar-refractivity contribution in [1.82, 2.24) is 4.90 Å². The van der Waals surface area contributed by atoms with Crippen LogP contribution in [0.25, 0.3) is 0 Å². The molecule has 0 radical (unpaired) electrons. The van der Waals surface area contributed by atoms with Gasteiger partial charge in [-0.2, -0.15) is 0 Å². The summed E-state index contributed by atoms with van der Waals surface area (Å²) in [5.41, 5.74) is 0. The Balaban J connectivity index is 2.57. The minimum atomic E-state index is -0.798. The lowest BCUT2D eigenvalue weighted by atomic mass is 10.1. The first-order valence-electron chi connectivity index (χ1n) is 5.04. The van der Waals surface area contributed by atoms with Gasteiger partial charge in [-0.25, -0.2) is 0 Å². The Hall–Kier alpha value is -0.570. The molecule has 3 atom stereocenters. The van der Waals surface area contributed by atoms with Gasteiger partial charge in [-0.3, -0.25) is 4.79 Å². The van der Waals surface area contributed by atoms with Gasteiger partial charge in [-0.15, -0.1) is 0 Å². The lowest BCUT2D eigenvalue weighted by molar-refractivity contribution is -0.140. The second-order valence-corrected chi connectivity index (χ2v) is 4.10. The van der Waals surface area contributed by atoms with Gasteiger partial charge in [0.2, 0.25) is 0 Å². The fraction of sp³-hybridized carbons (Fsp3) is 0.900. The van der Waals surface area contributed by atoms with Crippen molar-refractivity contribution in [3.8, 4) is 0 Å². The number of hydrogen-bond acceptors (Lipinski definition) is 2. The summed E-state index contributed by atoms with van der Waals surface area (Å²) in [7, 11) is 0. The van der Waals surface area contributed by atoms with Crippen LogP contribution in [0, 0.1) is 5.92 Å². The molecule has 0 aromatic rings. The number of carbonyl (C=O) groups is 1. The van der Waals surface area contributed by atoms with Crippen LogP contribution in [-0.4, -0.2) is 34.6 Å². The van der Waals surface area contributed by atoms with E-state index in [2.05, 4.69) is 6.92 Å². The molecule has 13 heavy (non-hydrogen) atoms. The fourth-order valence-electron chi connectivity index (χ4n) is 1.97. The Morgan fingerprint density at radius 1 is 1.62 bits per heavy atom. The predicted molar refractivity (Wildman–Crippen MR) is 51.3 cm³/mol. The van der Waals surface area contributed by atoms with Crippen LogP contribution in [0.1, 0.15) is 33.6 Å². The van der Waals surface area contributed by atoms with Crippen molar-refractivity contribution >= 4 is 5.91 Å². The van der Waals surface area contributed by atoms with Gasteiger partial charge in [0.05, 0.1) is 0 Å². The van der Waals surface area contributed by atoms with Gasteiger partial charge in [-0.05, 0) is 25.7 Å². The van der Waals surface area contributed by atoms with Crippen LogP contribution in [0.4, 0.5) is 0 Å². The van der Waals surface area contributed by atoms with Crippen LogP contribution in [0.3, 0.4) is 0 Å². The summed E-state index contributed by atoms with van der Waals surface area (Å²) in [6.45, 7) is 6.82. The maximum atomic E-state index is 11.6. The molecule has 3 heteroatoms. The zero-order chi connectivity index (χ0) is 10.0. The van der Waals surface area contributed by atoms with Crippen molar-refractivity contribution in [3.05, 3.63) is 0 Å². The quantitative estimate of drug-likeness (QED) is 0.697. The first-order valence-corrected chi connectivity index (χ1v) is 5.04. The molecule has 3 nitrogen and oxygen atoms in total. The van der Waals surface area contributed by atoms with Crippen molar-refractivity contribution in [2.45, 2.75) is 45.8 Å². The highest BCUT2D eigenvalue weighted by atomic mass is 16.3. The minimum Gasteiger partial charge on any atom is -0.383 e. The minimum absolute atomic E-state index is 0.0978. The van der Waals surface area contributed by atoms with Crippen molar-refractivity contribution in [2.24, 2.45) is 5.92 Å². The fourth-order valence-corrected chi connectivity index (χ4v) is 1.97. The highest BCUT2D eigenvalue weighted by molar-refractivity contribution is 5.81. The predicted octanol–water partition coefficient (Wildman–Crippen LogP) is 1.01. The van der Waals surface area contributed by atoms with Crippen molar-refractivity contribution < 1.29 is 9.90 Å². The van der Waals surface area contributed by atoms with E-state index in [4.69, 9.17) is 0 Å². The van der Waals surface area contributed by atoms with Crippen LogP contribution in [0.5, 0.6) is 0 Å². The standard InChI is InChI=1S/C10H19NO2/c1-4-9(12)10(13)11-6-7(2)5-8(11)3/h7-9,12H,4-6H2,1-3H3. The van der Waals surface area contributed by atoms with E-state index in [1.165, 1.54) is 0 Å². The third kappa shape index (κ3) is 2.21. The molecule has 1 amide bonds. The van der Waals surface area contributed by atoms with Gasteiger partial charge in [0.15, 0.2) is 0 Å². The Labute approximate surface area is 79.7 Å². The van der Waals surface area contributed by atoms with Gasteiger partial charge in [-0.1, -0.05) is 13.8 Å². The molecule has 0 bridgehead atoms. The van der Waals surface area contributed by atoms with E-state index in [0.717, 1.165) is 13.0 Å². The third-order valence-electron chi connectivity index (χ3n) is 2.74. The van der Waals surface area contributed by atoms with E-state index in [0.29, 0.717) is 18.4 Å². The molecular weight excluding hydrogens is 166 g/mol. The summed E-state index contributed by atoms with van der Waals surface area (Å²) >= 11 is 0. The number of likely N-dealkylation sites (tertiary alicyclic amines) is 1. The topological polar surface area (TPSA) is 40.5 Å². The average Bonchev–Trinajstić information content (AvgIpc) is 2.42. The van der Waals surface area contributed by atoms with Gasteiger partial charge < -0.3 is 10.0 Å². The first-order chi connectivity index (χ1) is 6.06. The molecule has 0 saturated carbocycles. The Morgan fingerprint density at radius 3 is 2.62 bits per heavy atom. The molecule has 3 unspecified atom stereocenters. The Kier molecular flexibility index (Phi) is 3.31. The van der Waals surface area contributed by atoms with Crippen LogP contribution in [0.2, 0.25) is 0 Å². The van der Waals surface area contributed by atoms with Crippen LogP contribution < -0.4 is 0 Å². The number of hydrogen-bond donors (Lipinski definition) is 1. The van der Waals surface area contributed by atoms with E-state index >= 15 is 0 Å². The number of aliphatic hydroxyl groups excluding tert-OH is 1. The van der Waals surface area contributed by atoms with Crippen molar-refractivity contribution in [1.29, 1.82) is 0 Å². The monoisotopic (exact) mass is 185 g/mol. The van der Waals surface area contributed by atoms with Crippen molar-refractivity contribution in [3.63, 3.8) is 0 Å². The smallest absolute Gasteiger partial charge is 0.251 e. The summed E-state index contributed by atoms with van der Waals surface area (Å²) in [6, 6.07) is 0.295. The van der Waals surface area contributed by atoms with E-state index < -0.39 is 6.10 Å². The largest absolute Gasteiger partial charge is 0.383 e. The van der Waals surface area contributed by atoms with Gasteiger partial charge in [0, 0.05) is 12.6 Å². The molecule has 76 valence electrons. The number of amides is 1. The third-order valence-corrected chi connectivity index (χ3v) is 2.74. The second kappa shape index (κ2) is 4.09. The molecule has 1 heterocycles. The molecule has 1 aliphatic heterocycles. The average molecular weight is 185 g/mol. The van der Waals surface area contributed by atoms with Crippen LogP contribution in [0.15, 0.2) is 0 Å². The van der Waals surface area contributed by atoms with Crippen molar-refractivity contribution in [2.75, 3.05) is 6.54 Å². The summed E-state index contributed by atoms with van der Waals surface area (Å²) < 4.78 is 0. The SMILES string of the molecule is CCC(O)C(=O)N1CC(C)CC1C. The molecule has 0 aromatic carbocycles. The second-order valence-electron chi connectivity index (χ2n) is 4.10. The Morgan fingerprint density at radius 2 is 2.23 bits per heavy atom. The zero-order valence-corrected chi connectivity index (χ0v) is 8.66. The summed E-state index contributed by atoms with van der Waals surface area (Å²) in [6.07, 6.45) is 0.770. The molecule has 0 aromatic heterocycles. The highest BCUT2D eigenvalue weighted by Crippen LogP contribution is 2.23. The normalized spacial score (nSPS) is 30.6. The molecule has 1 N–H and O–H groups in total. The van der Waals surface area contributed by atoms with E-state index in [-0.39, 0.29) is 5.91 Å². The Bertz CT molecular complexity index is 193. The van der Waals surface area contributed by atoms with E-state index in [1.807, 2.05) is 13.8 Å². The molecule has 1 rings (SSSR count). The maximum absolute atomic E-state index is 11.6. The first kappa shape index (κ1) is 10.5. The molecule has 1 saturated heterocycles. The van der Waals surface area contributed by atoms with Gasteiger partial charge in [0.25, 0.3) is 5.91 Å². The van der Waals surface area contributed by atoms with E-state index in [1.54, 1.807) is 4.90 Å². The number of rotatable bonds is 2. The lowest BCUT2D eigenvalue weighted by Gasteiger charge is -2.23. The number of carbonyl (C=O) groups excluding carboxylic acids is 1. The maximum Gasteiger partial charge on any atom is 0.251 e. The number of nitrogens with zero attached hydrogens (tertiary/aromatic N) is 1.